The lowest BCUT2D eigenvalue weighted by Crippen LogP contribution is -1.89. The average molecular weight is 144 g/mol. The zero-order valence-corrected chi connectivity index (χ0v) is 6.23. The van der Waals surface area contributed by atoms with Gasteiger partial charge in [0.05, 0.1) is 6.61 Å². The summed E-state index contributed by atoms with van der Waals surface area (Å²) >= 11 is 1.47. The monoisotopic (exact) mass is 144 g/mol. The van der Waals surface area contributed by atoms with Gasteiger partial charge >= 0.3 is 0 Å². The van der Waals surface area contributed by atoms with Gasteiger partial charge < -0.3 is 4.74 Å². The van der Waals surface area contributed by atoms with Crippen molar-refractivity contribution in [3.05, 3.63) is 5.01 Å². The molecule has 0 saturated carbocycles. The molecular weight excluding hydrogens is 136 g/mol. The first-order valence-electron chi connectivity index (χ1n) is 2.76. The van der Waals surface area contributed by atoms with Crippen molar-refractivity contribution in [1.29, 1.82) is 0 Å². The van der Waals surface area contributed by atoms with Gasteiger partial charge in [-0.2, -0.15) is 0 Å². The van der Waals surface area contributed by atoms with Gasteiger partial charge in [0.1, 0.15) is 5.01 Å². The van der Waals surface area contributed by atoms with E-state index in [0.29, 0.717) is 11.8 Å². The highest BCUT2D eigenvalue weighted by atomic mass is 32.1. The van der Waals surface area contributed by atoms with Gasteiger partial charge in [0.15, 0.2) is 0 Å². The van der Waals surface area contributed by atoms with Crippen LogP contribution in [-0.4, -0.2) is 16.8 Å². The first kappa shape index (κ1) is 6.48. The molecular formula is C5H8N2OS. The van der Waals surface area contributed by atoms with Crippen molar-refractivity contribution < 1.29 is 4.74 Å². The summed E-state index contributed by atoms with van der Waals surface area (Å²) in [7, 11) is 0. The lowest BCUT2D eigenvalue weighted by Gasteiger charge is -1.90. The van der Waals surface area contributed by atoms with Crippen LogP contribution in [0.1, 0.15) is 11.9 Å². The molecule has 1 heterocycles. The predicted octanol–water partition coefficient (Wildman–Crippen LogP) is 1.25. The lowest BCUT2D eigenvalue weighted by atomic mass is 10.9. The van der Waals surface area contributed by atoms with E-state index in [0.717, 1.165) is 5.01 Å². The Morgan fingerprint density at radius 2 is 2.33 bits per heavy atom. The van der Waals surface area contributed by atoms with E-state index in [1.165, 1.54) is 11.3 Å². The summed E-state index contributed by atoms with van der Waals surface area (Å²) in [4.78, 5) is 0. The Morgan fingerprint density at radius 1 is 1.56 bits per heavy atom. The summed E-state index contributed by atoms with van der Waals surface area (Å²) in [5.74, 6) is 0. The molecule has 9 heavy (non-hydrogen) atoms. The third kappa shape index (κ3) is 1.64. The van der Waals surface area contributed by atoms with Crippen LogP contribution < -0.4 is 4.74 Å². The number of aryl methyl sites for hydroxylation is 1. The molecule has 0 aromatic carbocycles. The van der Waals surface area contributed by atoms with E-state index in [-0.39, 0.29) is 0 Å². The number of nitrogens with zero attached hydrogens (tertiary/aromatic N) is 2. The minimum atomic E-state index is 0.661. The van der Waals surface area contributed by atoms with Crippen molar-refractivity contribution in [1.82, 2.24) is 10.2 Å². The van der Waals surface area contributed by atoms with E-state index in [2.05, 4.69) is 10.2 Å². The van der Waals surface area contributed by atoms with Crippen LogP contribution in [0.3, 0.4) is 0 Å². The van der Waals surface area contributed by atoms with Crippen molar-refractivity contribution in [2.45, 2.75) is 13.8 Å². The van der Waals surface area contributed by atoms with Crippen LogP contribution in [0.2, 0.25) is 0 Å². The highest BCUT2D eigenvalue weighted by molar-refractivity contribution is 7.12. The van der Waals surface area contributed by atoms with Crippen LogP contribution in [0.4, 0.5) is 0 Å². The van der Waals surface area contributed by atoms with E-state index in [4.69, 9.17) is 4.74 Å². The second-order valence-electron chi connectivity index (χ2n) is 1.52. The van der Waals surface area contributed by atoms with Gasteiger partial charge in [0.2, 0.25) is 0 Å². The van der Waals surface area contributed by atoms with Gasteiger partial charge in [-0.1, -0.05) is 11.3 Å². The molecule has 0 spiro atoms. The van der Waals surface area contributed by atoms with Gasteiger partial charge in [0.25, 0.3) is 5.19 Å². The second-order valence-corrected chi connectivity index (χ2v) is 2.66. The van der Waals surface area contributed by atoms with Gasteiger partial charge in [-0.15, -0.1) is 10.2 Å². The molecule has 0 bridgehead atoms. The molecule has 0 aliphatic heterocycles. The average Bonchev–Trinajstić information content (AvgIpc) is 2.17. The van der Waals surface area contributed by atoms with Crippen LogP contribution in [0.25, 0.3) is 0 Å². The molecule has 1 rings (SSSR count). The summed E-state index contributed by atoms with van der Waals surface area (Å²) in [5, 5.41) is 9.14. The molecule has 0 amide bonds. The quantitative estimate of drug-likeness (QED) is 0.626. The smallest absolute Gasteiger partial charge is 0.294 e. The summed E-state index contributed by atoms with van der Waals surface area (Å²) in [5.41, 5.74) is 0. The fraction of sp³-hybridized carbons (Fsp3) is 0.600. The molecule has 1 aromatic rings. The SMILES string of the molecule is CCOc1nnc(C)s1. The summed E-state index contributed by atoms with van der Waals surface area (Å²) < 4.78 is 5.07. The van der Waals surface area contributed by atoms with Crippen LogP contribution >= 0.6 is 11.3 Å². The summed E-state index contributed by atoms with van der Waals surface area (Å²) in [6, 6.07) is 0. The Hall–Kier alpha value is -0.640. The lowest BCUT2D eigenvalue weighted by molar-refractivity contribution is 0.335. The van der Waals surface area contributed by atoms with Gasteiger partial charge in [-0.05, 0) is 13.8 Å². The minimum absolute atomic E-state index is 0.661. The zero-order chi connectivity index (χ0) is 6.69. The van der Waals surface area contributed by atoms with E-state index >= 15 is 0 Å². The third-order valence-electron chi connectivity index (χ3n) is 0.775. The molecule has 0 aliphatic carbocycles. The molecule has 0 atom stereocenters. The number of rotatable bonds is 2. The molecule has 1 aromatic heterocycles. The molecule has 0 fully saturated rings. The Kier molecular flexibility index (Phi) is 2.00. The van der Waals surface area contributed by atoms with E-state index in [1.807, 2.05) is 13.8 Å². The Labute approximate surface area is 57.7 Å². The van der Waals surface area contributed by atoms with Crippen LogP contribution in [0, 0.1) is 6.92 Å². The van der Waals surface area contributed by atoms with E-state index in [9.17, 15) is 0 Å². The van der Waals surface area contributed by atoms with Crippen LogP contribution in [0.15, 0.2) is 0 Å². The highest BCUT2D eigenvalue weighted by Crippen LogP contribution is 2.15. The Balaban J connectivity index is 2.61. The largest absolute Gasteiger partial charge is 0.469 e. The van der Waals surface area contributed by atoms with Gasteiger partial charge in [0, 0.05) is 0 Å². The third-order valence-corrected chi connectivity index (χ3v) is 1.53. The fourth-order valence-electron chi connectivity index (χ4n) is 0.460. The maximum Gasteiger partial charge on any atom is 0.294 e. The van der Waals surface area contributed by atoms with E-state index < -0.39 is 0 Å². The van der Waals surface area contributed by atoms with Crippen molar-refractivity contribution in [2.75, 3.05) is 6.61 Å². The number of aromatic nitrogens is 2. The molecule has 3 nitrogen and oxygen atoms in total. The molecule has 0 saturated heterocycles. The Bertz CT molecular complexity index is 187. The van der Waals surface area contributed by atoms with Crippen molar-refractivity contribution in [3.8, 4) is 5.19 Å². The number of hydrogen-bond donors (Lipinski definition) is 0. The normalized spacial score (nSPS) is 9.56. The highest BCUT2D eigenvalue weighted by Gasteiger charge is 1.96. The Morgan fingerprint density at radius 3 is 2.78 bits per heavy atom. The van der Waals surface area contributed by atoms with Gasteiger partial charge in [-0.3, -0.25) is 0 Å². The maximum absolute atomic E-state index is 5.07. The van der Waals surface area contributed by atoms with E-state index in [1.54, 1.807) is 0 Å². The topological polar surface area (TPSA) is 35.0 Å². The summed E-state index contributed by atoms with van der Waals surface area (Å²) in [6.07, 6.45) is 0. The molecule has 4 heteroatoms. The standard InChI is InChI=1S/C5H8N2OS/c1-3-8-5-7-6-4(2)9-5/h3H2,1-2H3. The van der Waals surface area contributed by atoms with Crippen molar-refractivity contribution in [3.63, 3.8) is 0 Å². The molecule has 0 aliphatic rings. The minimum Gasteiger partial charge on any atom is -0.469 e. The first-order valence-corrected chi connectivity index (χ1v) is 3.57. The predicted molar refractivity (Wildman–Crippen MR) is 35.8 cm³/mol. The first-order chi connectivity index (χ1) is 4.33. The second kappa shape index (κ2) is 2.77. The number of ether oxygens (including phenoxy) is 1. The van der Waals surface area contributed by atoms with Crippen molar-refractivity contribution in [2.24, 2.45) is 0 Å². The molecule has 0 N–H and O–H groups in total. The van der Waals surface area contributed by atoms with Crippen LogP contribution in [0.5, 0.6) is 5.19 Å². The summed E-state index contributed by atoms with van der Waals surface area (Å²) in [6.45, 7) is 4.49. The van der Waals surface area contributed by atoms with Gasteiger partial charge in [-0.25, -0.2) is 0 Å². The zero-order valence-electron chi connectivity index (χ0n) is 5.42. The fourth-order valence-corrected chi connectivity index (χ4v) is 1.05. The molecule has 0 radical (unpaired) electrons. The van der Waals surface area contributed by atoms with Crippen molar-refractivity contribution >= 4 is 11.3 Å². The number of hydrogen-bond acceptors (Lipinski definition) is 4. The molecule has 50 valence electrons. The van der Waals surface area contributed by atoms with Crippen LogP contribution in [-0.2, 0) is 0 Å². The maximum atomic E-state index is 5.07. The molecule has 0 unspecified atom stereocenters.